The van der Waals surface area contributed by atoms with Crippen molar-refractivity contribution in [1.82, 2.24) is 0 Å². The average molecular weight is 249 g/mol. The molecule has 0 bridgehead atoms. The van der Waals surface area contributed by atoms with E-state index in [2.05, 4.69) is 19.2 Å². The number of carboxylic acids is 1. The van der Waals surface area contributed by atoms with Crippen molar-refractivity contribution >= 4 is 11.7 Å². The van der Waals surface area contributed by atoms with Gasteiger partial charge in [0.05, 0.1) is 0 Å². The topological polar surface area (TPSA) is 49.3 Å². The molecule has 0 radical (unpaired) electrons. The van der Waals surface area contributed by atoms with Gasteiger partial charge in [-0.1, -0.05) is 39.8 Å². The Balaban J connectivity index is 2.91. The molecule has 0 aromatic heterocycles. The van der Waals surface area contributed by atoms with E-state index in [1.807, 2.05) is 38.1 Å². The third kappa shape index (κ3) is 3.03. The van der Waals surface area contributed by atoms with Gasteiger partial charge in [-0.15, -0.1) is 0 Å². The summed E-state index contributed by atoms with van der Waals surface area (Å²) in [6.07, 6.45) is 1.12. The molecule has 2 N–H and O–H groups in total. The summed E-state index contributed by atoms with van der Waals surface area (Å²) in [5.41, 5.74) is 1.26. The molecule has 0 heterocycles. The summed E-state index contributed by atoms with van der Waals surface area (Å²) in [7, 11) is 0. The summed E-state index contributed by atoms with van der Waals surface area (Å²) in [6, 6.07) is 8.01. The summed E-state index contributed by atoms with van der Waals surface area (Å²) in [6.45, 7) is 8.07. The molecular formula is C15H23NO2. The van der Waals surface area contributed by atoms with Crippen molar-refractivity contribution in [2.75, 3.05) is 5.32 Å². The first-order valence-corrected chi connectivity index (χ1v) is 6.56. The monoisotopic (exact) mass is 249 g/mol. The fraction of sp³-hybridized carbons (Fsp3) is 0.533. The van der Waals surface area contributed by atoms with Gasteiger partial charge < -0.3 is 10.4 Å². The van der Waals surface area contributed by atoms with Crippen molar-refractivity contribution in [2.45, 2.75) is 52.0 Å². The second kappa shape index (κ2) is 5.89. The van der Waals surface area contributed by atoms with Gasteiger partial charge in [-0.2, -0.15) is 0 Å². The summed E-state index contributed by atoms with van der Waals surface area (Å²) in [5, 5.41) is 12.5. The first-order valence-electron chi connectivity index (χ1n) is 6.56. The minimum absolute atomic E-state index is 0.487. The van der Waals surface area contributed by atoms with Gasteiger partial charge in [0.25, 0.3) is 0 Å². The fourth-order valence-electron chi connectivity index (χ4n) is 2.01. The molecule has 3 heteroatoms. The zero-order valence-electron chi connectivity index (χ0n) is 11.7. The molecule has 0 unspecified atom stereocenters. The number of rotatable bonds is 6. The lowest BCUT2D eigenvalue weighted by atomic mass is 9.92. The fourth-order valence-corrected chi connectivity index (χ4v) is 2.01. The van der Waals surface area contributed by atoms with E-state index in [0.717, 1.165) is 5.69 Å². The van der Waals surface area contributed by atoms with E-state index in [1.165, 1.54) is 5.56 Å². The van der Waals surface area contributed by atoms with Crippen molar-refractivity contribution in [3.63, 3.8) is 0 Å². The average Bonchev–Trinajstić information content (AvgIpc) is 2.36. The van der Waals surface area contributed by atoms with Crippen LogP contribution in [0.25, 0.3) is 0 Å². The van der Waals surface area contributed by atoms with Gasteiger partial charge in [0, 0.05) is 5.69 Å². The van der Waals surface area contributed by atoms with Gasteiger partial charge in [-0.25, -0.2) is 4.79 Å². The van der Waals surface area contributed by atoms with E-state index in [4.69, 9.17) is 0 Å². The Bertz CT molecular complexity index is 391. The van der Waals surface area contributed by atoms with Gasteiger partial charge in [0.15, 0.2) is 0 Å². The van der Waals surface area contributed by atoms with E-state index < -0.39 is 11.5 Å². The van der Waals surface area contributed by atoms with Gasteiger partial charge in [0.1, 0.15) is 5.54 Å². The molecule has 18 heavy (non-hydrogen) atoms. The van der Waals surface area contributed by atoms with E-state index in [9.17, 15) is 9.90 Å². The molecule has 3 nitrogen and oxygen atoms in total. The quantitative estimate of drug-likeness (QED) is 0.804. The minimum atomic E-state index is -0.862. The molecule has 0 spiro atoms. The molecule has 1 rings (SSSR count). The Hall–Kier alpha value is -1.51. The smallest absolute Gasteiger partial charge is 0.329 e. The van der Waals surface area contributed by atoms with E-state index in [1.54, 1.807) is 0 Å². The number of anilines is 1. The molecule has 0 aliphatic heterocycles. The summed E-state index contributed by atoms with van der Waals surface area (Å²) in [4.78, 5) is 11.4. The highest BCUT2D eigenvalue weighted by Crippen LogP contribution is 2.24. The second-order valence-electron chi connectivity index (χ2n) is 5.00. The number of aliphatic carboxylic acids is 1. The number of hydrogen-bond donors (Lipinski definition) is 2. The standard InChI is InChI=1S/C15H23NO2/c1-5-15(6-2,14(17)18)16-13-9-7-12(8-10-13)11(3)4/h7-11,16H,5-6H2,1-4H3,(H,17,18). The first kappa shape index (κ1) is 14.6. The SMILES string of the molecule is CCC(CC)(Nc1ccc(C(C)C)cc1)C(=O)O. The van der Waals surface area contributed by atoms with Crippen LogP contribution >= 0.6 is 0 Å². The predicted octanol–water partition coefficient (Wildman–Crippen LogP) is 3.87. The Labute approximate surface area is 109 Å². The molecule has 1 aromatic rings. The highest BCUT2D eigenvalue weighted by Gasteiger charge is 2.34. The van der Waals surface area contributed by atoms with Crippen molar-refractivity contribution < 1.29 is 9.90 Å². The van der Waals surface area contributed by atoms with Crippen LogP contribution in [-0.4, -0.2) is 16.6 Å². The van der Waals surface area contributed by atoms with Crippen LogP contribution in [0.15, 0.2) is 24.3 Å². The molecule has 100 valence electrons. The number of benzene rings is 1. The second-order valence-corrected chi connectivity index (χ2v) is 5.00. The summed E-state index contributed by atoms with van der Waals surface area (Å²) >= 11 is 0. The van der Waals surface area contributed by atoms with Crippen molar-refractivity contribution in [3.8, 4) is 0 Å². The number of hydrogen-bond acceptors (Lipinski definition) is 2. The van der Waals surface area contributed by atoms with Crippen molar-refractivity contribution in [1.29, 1.82) is 0 Å². The third-order valence-corrected chi connectivity index (χ3v) is 3.58. The van der Waals surface area contributed by atoms with Crippen LogP contribution in [-0.2, 0) is 4.79 Å². The molecule has 0 saturated heterocycles. The Morgan fingerprint density at radius 1 is 1.22 bits per heavy atom. The maximum absolute atomic E-state index is 11.4. The maximum Gasteiger partial charge on any atom is 0.329 e. The van der Waals surface area contributed by atoms with Crippen LogP contribution < -0.4 is 5.32 Å². The molecule has 0 aliphatic rings. The van der Waals surface area contributed by atoms with Crippen molar-refractivity contribution in [2.24, 2.45) is 0 Å². The van der Waals surface area contributed by atoms with Crippen LogP contribution in [0.1, 0.15) is 52.0 Å². The molecule has 0 atom stereocenters. The van der Waals surface area contributed by atoms with Gasteiger partial charge >= 0.3 is 5.97 Å². The first-order chi connectivity index (χ1) is 8.45. The van der Waals surface area contributed by atoms with E-state index in [0.29, 0.717) is 18.8 Å². The third-order valence-electron chi connectivity index (χ3n) is 3.58. The predicted molar refractivity (Wildman–Crippen MR) is 75.1 cm³/mol. The molecule has 0 saturated carbocycles. The van der Waals surface area contributed by atoms with Crippen molar-refractivity contribution in [3.05, 3.63) is 29.8 Å². The van der Waals surface area contributed by atoms with Crippen LogP contribution in [0.5, 0.6) is 0 Å². The van der Waals surface area contributed by atoms with E-state index >= 15 is 0 Å². The van der Waals surface area contributed by atoms with Crippen LogP contribution in [0.2, 0.25) is 0 Å². The summed E-state index contributed by atoms with van der Waals surface area (Å²) in [5.74, 6) is -0.305. The molecule has 1 aromatic carbocycles. The maximum atomic E-state index is 11.4. The summed E-state index contributed by atoms with van der Waals surface area (Å²) < 4.78 is 0. The lowest BCUT2D eigenvalue weighted by Crippen LogP contribution is -2.45. The number of carboxylic acid groups (broad SMARTS) is 1. The molecule has 0 fully saturated rings. The number of carbonyl (C=O) groups is 1. The largest absolute Gasteiger partial charge is 0.480 e. The normalized spacial score (nSPS) is 11.6. The van der Waals surface area contributed by atoms with Crippen LogP contribution in [0, 0.1) is 0 Å². The zero-order chi connectivity index (χ0) is 13.8. The number of nitrogens with one attached hydrogen (secondary N) is 1. The zero-order valence-corrected chi connectivity index (χ0v) is 11.7. The highest BCUT2D eigenvalue weighted by atomic mass is 16.4. The minimum Gasteiger partial charge on any atom is -0.480 e. The Kier molecular flexibility index (Phi) is 4.76. The Morgan fingerprint density at radius 2 is 1.72 bits per heavy atom. The van der Waals surface area contributed by atoms with E-state index in [-0.39, 0.29) is 0 Å². The van der Waals surface area contributed by atoms with Crippen LogP contribution in [0.3, 0.4) is 0 Å². The van der Waals surface area contributed by atoms with Crippen LogP contribution in [0.4, 0.5) is 5.69 Å². The highest BCUT2D eigenvalue weighted by molar-refractivity contribution is 5.82. The lowest BCUT2D eigenvalue weighted by Gasteiger charge is -2.29. The molecule has 0 aliphatic carbocycles. The Morgan fingerprint density at radius 3 is 2.06 bits per heavy atom. The van der Waals surface area contributed by atoms with Gasteiger partial charge in [-0.05, 0) is 36.5 Å². The lowest BCUT2D eigenvalue weighted by molar-refractivity contribution is -0.142. The van der Waals surface area contributed by atoms with Gasteiger partial charge in [0.2, 0.25) is 0 Å². The molecular weight excluding hydrogens is 226 g/mol. The van der Waals surface area contributed by atoms with Gasteiger partial charge in [-0.3, -0.25) is 0 Å². The molecule has 0 amide bonds.